The van der Waals surface area contributed by atoms with Gasteiger partial charge in [-0.15, -0.1) is 32.9 Å². The third-order valence-corrected chi connectivity index (χ3v) is 16.2. The van der Waals surface area contributed by atoms with E-state index in [1.807, 2.05) is 80.8 Å². The average Bonchev–Trinajstić information content (AvgIpc) is 4.03. The van der Waals surface area contributed by atoms with Crippen LogP contribution in [0, 0.1) is 27.7 Å². The number of carbonyl (C=O) groups excluding carboxylic acids is 4. The smallest absolute Gasteiger partial charge is 0.247 e. The van der Waals surface area contributed by atoms with E-state index in [0.717, 1.165) is 85.5 Å². The molecule has 0 spiro atoms. The number of carbonyl (C=O) groups is 4. The van der Waals surface area contributed by atoms with Crippen molar-refractivity contribution >= 4 is 75.4 Å². The van der Waals surface area contributed by atoms with Gasteiger partial charge < -0.3 is 26.0 Å². The molecule has 1 fully saturated rings. The lowest BCUT2D eigenvalue weighted by Crippen LogP contribution is -2.60. The van der Waals surface area contributed by atoms with Crippen LogP contribution < -0.4 is 16.0 Å². The summed E-state index contributed by atoms with van der Waals surface area (Å²) in [7, 11) is 0. The molecule has 0 saturated carbocycles. The fourth-order valence-corrected chi connectivity index (χ4v) is 11.8. The van der Waals surface area contributed by atoms with Gasteiger partial charge in [0.15, 0.2) is 12.0 Å². The molecule has 5 aromatic rings. The molecule has 2 aromatic carbocycles. The van der Waals surface area contributed by atoms with E-state index in [0.29, 0.717) is 23.1 Å². The molecule has 356 valence electrons. The number of halogens is 2. The Morgan fingerprint density at radius 1 is 0.970 bits per heavy atom. The van der Waals surface area contributed by atoms with E-state index in [1.54, 1.807) is 16.8 Å². The van der Waals surface area contributed by atoms with Crippen LogP contribution in [0.4, 0.5) is 4.39 Å². The maximum atomic E-state index is 15.5. The lowest BCUT2D eigenvalue weighted by Gasteiger charge is -2.37. The second-order valence-corrected chi connectivity index (χ2v) is 21.8. The molecule has 4 amide bonds. The number of β-amino-alcohol motifs (C(OH)–C–C–N with tert-alkyl or cyclic N) is 1. The van der Waals surface area contributed by atoms with Gasteiger partial charge in [-0.05, 0) is 89.0 Å². The van der Waals surface area contributed by atoms with Gasteiger partial charge in [0.2, 0.25) is 23.6 Å². The van der Waals surface area contributed by atoms with Crippen LogP contribution in [0.2, 0.25) is 5.02 Å². The number of thiazole rings is 1. The second kappa shape index (κ2) is 21.5. The van der Waals surface area contributed by atoms with Crippen molar-refractivity contribution in [3.05, 3.63) is 104 Å². The second-order valence-electron chi connectivity index (χ2n) is 17.6. The van der Waals surface area contributed by atoms with Gasteiger partial charge in [-0.1, -0.05) is 60.8 Å². The molecule has 0 radical (unpaired) electrons. The molecule has 67 heavy (non-hydrogen) atoms. The normalized spacial score (nSPS) is 18.4. The Kier molecular flexibility index (Phi) is 16.0. The number of aliphatic imine (C=N–C) groups is 1. The molecule has 3 aromatic heterocycles. The molecule has 1 saturated heterocycles. The third-order valence-electron chi connectivity index (χ3n) is 12.3. The van der Waals surface area contributed by atoms with Gasteiger partial charge in [0.25, 0.3) is 0 Å². The average molecular weight is 991 g/mol. The topological polar surface area (TPSA) is 184 Å². The van der Waals surface area contributed by atoms with Crippen molar-refractivity contribution in [2.75, 3.05) is 18.8 Å². The van der Waals surface area contributed by atoms with Gasteiger partial charge in [-0.3, -0.25) is 28.7 Å². The van der Waals surface area contributed by atoms with E-state index in [9.17, 15) is 24.3 Å². The first kappa shape index (κ1) is 49.9. The lowest BCUT2D eigenvalue weighted by atomic mass is 9.99. The van der Waals surface area contributed by atoms with Gasteiger partial charge in [-0.25, -0.2) is 9.37 Å². The van der Waals surface area contributed by atoms with Crippen molar-refractivity contribution in [2.45, 2.75) is 122 Å². The maximum Gasteiger partial charge on any atom is 0.247 e. The fraction of sp³-hybridized carbons (Fsp3) is 0.458. The summed E-state index contributed by atoms with van der Waals surface area (Å²) in [4.78, 5) is 66.4. The quantitative estimate of drug-likeness (QED) is 0.0645. The number of thioether (sulfide) groups is 1. The zero-order valence-corrected chi connectivity index (χ0v) is 41.9. The van der Waals surface area contributed by atoms with Crippen LogP contribution in [0.25, 0.3) is 15.4 Å². The molecule has 4 N–H and O–H groups in total. The minimum Gasteiger partial charge on any atom is -0.388 e. The Balaban J connectivity index is 0.895. The zero-order chi connectivity index (χ0) is 48.2. The largest absolute Gasteiger partial charge is 0.388 e. The van der Waals surface area contributed by atoms with Crippen LogP contribution in [0.1, 0.15) is 103 Å². The van der Waals surface area contributed by atoms with Crippen LogP contribution in [-0.4, -0.2) is 107 Å². The van der Waals surface area contributed by atoms with Gasteiger partial charge >= 0.3 is 0 Å². The monoisotopic (exact) mass is 989 g/mol. The number of fused-ring (bicyclic) bond motifs is 3. The van der Waals surface area contributed by atoms with E-state index in [2.05, 4.69) is 45.0 Å². The van der Waals surface area contributed by atoms with Gasteiger partial charge in [-0.2, -0.15) is 11.8 Å². The lowest BCUT2D eigenvalue weighted by molar-refractivity contribution is -0.142. The van der Waals surface area contributed by atoms with Crippen LogP contribution >= 0.6 is 46.0 Å². The number of likely N-dealkylation sites (tertiary alicyclic amines) is 1. The van der Waals surface area contributed by atoms with E-state index in [-0.39, 0.29) is 25.4 Å². The third kappa shape index (κ3) is 11.3. The van der Waals surface area contributed by atoms with Crippen molar-refractivity contribution in [1.82, 2.24) is 40.6 Å². The molecule has 0 bridgehead atoms. The number of alkyl halides is 1. The molecule has 2 aliphatic rings. The number of aromatic nitrogens is 4. The van der Waals surface area contributed by atoms with Crippen LogP contribution in [0.5, 0.6) is 0 Å². The minimum atomic E-state index is -2.01. The first-order valence-corrected chi connectivity index (χ1v) is 25.4. The Morgan fingerprint density at radius 3 is 2.36 bits per heavy atom. The van der Waals surface area contributed by atoms with Crippen molar-refractivity contribution in [3.8, 4) is 15.4 Å². The van der Waals surface area contributed by atoms with Gasteiger partial charge in [0.1, 0.15) is 35.1 Å². The van der Waals surface area contributed by atoms with Crippen molar-refractivity contribution in [1.29, 1.82) is 0 Å². The number of thiophene rings is 1. The molecule has 0 unspecified atom stereocenters. The highest BCUT2D eigenvalue weighted by Crippen LogP contribution is 2.40. The summed E-state index contributed by atoms with van der Waals surface area (Å²) in [6.45, 7) is 13.2. The Morgan fingerprint density at radius 2 is 1.67 bits per heavy atom. The molecular formula is C48H57ClFN9O5S3. The summed E-state index contributed by atoms with van der Waals surface area (Å²) < 4.78 is 16.7. The van der Waals surface area contributed by atoms with Crippen LogP contribution in [0.3, 0.4) is 0 Å². The first-order chi connectivity index (χ1) is 31.9. The highest BCUT2D eigenvalue weighted by Gasteiger charge is 2.51. The standard InChI is InChI=1S/C48H57ClFN9O5S3/c1-26-28(3)67-47-38(26)40(32-16-18-34(49)19-17-32)55-35(44-57-56-29(4)59(44)47)22-37(62)51-20-10-8-9-11-21-66-48(6,7)43(54-30(5)60)46(64)58-24-36(61)39(50)41(58)45(63)52-23-31-12-14-33(15-13-31)42-27(2)53-25-65-42/h12-19,25,35-36,39,41,43,61H,8-11,20-24H2,1-7H3,(H,51,62)(H,52,63)(H,54,60)/t35-,36-,39-,41-,43+/m0/s1. The first-order valence-electron chi connectivity index (χ1n) is 22.4. The number of unbranched alkanes of at least 4 members (excludes halogenated alkanes) is 3. The number of hydrogen-bond acceptors (Lipinski definition) is 12. The maximum absolute atomic E-state index is 15.5. The van der Waals surface area contributed by atoms with Crippen molar-refractivity contribution in [3.63, 3.8) is 0 Å². The number of nitrogens with zero attached hydrogens (tertiary/aromatic N) is 6. The number of benzene rings is 2. The molecule has 0 aliphatic carbocycles. The molecule has 5 atom stereocenters. The van der Waals surface area contributed by atoms with Crippen LogP contribution in [-0.2, 0) is 25.7 Å². The van der Waals surface area contributed by atoms with Crippen LogP contribution in [0.15, 0.2) is 59.0 Å². The van der Waals surface area contributed by atoms with Crippen molar-refractivity contribution < 1.29 is 28.7 Å². The van der Waals surface area contributed by atoms with E-state index in [1.165, 1.54) is 34.9 Å². The summed E-state index contributed by atoms with van der Waals surface area (Å²) >= 11 is 10.9. The number of hydrogen-bond donors (Lipinski definition) is 4. The SMILES string of the molecule is CC(=O)N[C@H](C(=O)N1C[C@H](O)[C@H](F)[C@H]1C(=O)NCc1ccc(-c2scnc2C)cc1)C(C)(C)SCCCCCCNC(=O)C[C@@H]1N=C(c2ccc(Cl)cc2)c2c(sc(C)c2C)-n2c(C)nnc21. The summed E-state index contributed by atoms with van der Waals surface area (Å²) in [5, 5.41) is 29.6. The summed E-state index contributed by atoms with van der Waals surface area (Å²) in [6, 6.07) is 11.9. The van der Waals surface area contributed by atoms with E-state index < -0.39 is 52.9 Å². The predicted molar refractivity (Wildman–Crippen MR) is 264 cm³/mol. The number of amides is 4. The molecule has 14 nitrogen and oxygen atoms in total. The predicted octanol–water partition coefficient (Wildman–Crippen LogP) is 7.54. The number of aliphatic hydroxyl groups excluding tert-OH is 1. The summed E-state index contributed by atoms with van der Waals surface area (Å²) in [5.74, 6) is 0.0375. The molecular weight excluding hydrogens is 933 g/mol. The summed E-state index contributed by atoms with van der Waals surface area (Å²) in [6.07, 6.45) is -0.212. The molecule has 7 rings (SSSR count). The van der Waals surface area contributed by atoms with E-state index >= 15 is 4.39 Å². The molecule has 19 heteroatoms. The zero-order valence-electron chi connectivity index (χ0n) is 38.7. The fourth-order valence-electron chi connectivity index (χ4n) is 8.47. The Hall–Kier alpha value is -5.01. The van der Waals surface area contributed by atoms with E-state index in [4.69, 9.17) is 16.6 Å². The molecule has 5 heterocycles. The highest BCUT2D eigenvalue weighted by atomic mass is 35.5. The van der Waals surface area contributed by atoms with Gasteiger partial charge in [0.05, 0.1) is 34.8 Å². The number of aliphatic hydroxyl groups is 1. The Bertz CT molecular complexity index is 2630. The Labute approximate surface area is 407 Å². The molecule has 2 aliphatic heterocycles. The van der Waals surface area contributed by atoms with Crippen molar-refractivity contribution in [2.24, 2.45) is 4.99 Å². The number of rotatable bonds is 18. The minimum absolute atomic E-state index is 0.0913. The number of aryl methyl sites for hydroxylation is 3. The van der Waals surface area contributed by atoms with Gasteiger partial charge in [0, 0.05) is 45.8 Å². The highest BCUT2D eigenvalue weighted by molar-refractivity contribution is 8.00. The summed E-state index contributed by atoms with van der Waals surface area (Å²) in [5.41, 5.74) is 8.29. The number of nitrogens with one attached hydrogen (secondary N) is 3.